The summed E-state index contributed by atoms with van der Waals surface area (Å²) in [7, 11) is 0. The van der Waals surface area contributed by atoms with Gasteiger partial charge in [0, 0.05) is 5.56 Å². The molecule has 5 nitrogen and oxygen atoms in total. The fraction of sp³-hybridized carbons (Fsp3) is 0.0909. The monoisotopic (exact) mass is 284 g/mol. The Morgan fingerprint density at radius 1 is 1.39 bits per heavy atom. The maximum Gasteiger partial charge on any atom is 0.221 e. The zero-order valence-electron chi connectivity index (χ0n) is 9.43. The highest BCUT2D eigenvalue weighted by atomic mass is 35.5. The lowest BCUT2D eigenvalue weighted by atomic mass is 10.2. The van der Waals surface area contributed by atoms with Crippen LogP contribution in [0, 0.1) is 6.92 Å². The van der Waals surface area contributed by atoms with E-state index in [2.05, 4.69) is 10.1 Å². The van der Waals surface area contributed by atoms with Crippen LogP contribution >= 0.6 is 23.2 Å². The minimum absolute atomic E-state index is 0.0724. The molecule has 0 aliphatic carbocycles. The van der Waals surface area contributed by atoms with E-state index in [9.17, 15) is 5.11 Å². The fourth-order valence-corrected chi connectivity index (χ4v) is 1.76. The van der Waals surface area contributed by atoms with Gasteiger partial charge in [0.15, 0.2) is 0 Å². The molecule has 1 aromatic heterocycles. The summed E-state index contributed by atoms with van der Waals surface area (Å²) in [6.07, 6.45) is 3.17. The van der Waals surface area contributed by atoms with Crippen molar-refractivity contribution in [3.63, 3.8) is 0 Å². The highest BCUT2D eigenvalue weighted by Gasteiger charge is 2.07. The third kappa shape index (κ3) is 2.42. The molecule has 0 fully saturated rings. The van der Waals surface area contributed by atoms with Crippen molar-refractivity contribution in [2.45, 2.75) is 6.92 Å². The number of aromatic nitrogens is 2. The van der Waals surface area contributed by atoms with Crippen LogP contribution in [0.5, 0.6) is 5.75 Å². The first-order valence-corrected chi connectivity index (χ1v) is 5.77. The molecule has 1 heterocycles. The first-order chi connectivity index (χ1) is 8.49. The summed E-state index contributed by atoms with van der Waals surface area (Å²) < 4.78 is 1.42. The number of hydrogen-bond donors (Lipinski definition) is 2. The van der Waals surface area contributed by atoms with E-state index in [1.54, 1.807) is 12.3 Å². The van der Waals surface area contributed by atoms with Crippen LogP contribution in [0.25, 0.3) is 0 Å². The number of aryl methyl sites for hydroxylation is 1. The van der Waals surface area contributed by atoms with Gasteiger partial charge < -0.3 is 10.8 Å². The van der Waals surface area contributed by atoms with Crippen LogP contribution in [0.4, 0.5) is 5.95 Å². The van der Waals surface area contributed by atoms with Crippen LogP contribution in [-0.4, -0.2) is 21.0 Å². The SMILES string of the molecule is Cc1cn(N=Cc2ccc(O)c(Cl)c2Cl)c(N)n1. The molecule has 0 spiro atoms. The number of nitrogen functional groups attached to an aromatic ring is 1. The predicted octanol–water partition coefficient (Wildman–Crippen LogP) is 2.67. The molecule has 0 amide bonds. The van der Waals surface area contributed by atoms with Gasteiger partial charge in [-0.05, 0) is 19.1 Å². The second-order valence-corrected chi connectivity index (χ2v) is 4.39. The molecule has 1 aromatic carbocycles. The standard InChI is InChI=1S/C11H10Cl2N4O/c1-6-5-17(11(14)16-6)15-4-7-2-3-8(18)10(13)9(7)12/h2-5,18H,1H3,(H2,14,16). The van der Waals surface area contributed by atoms with Crippen LogP contribution in [-0.2, 0) is 0 Å². The van der Waals surface area contributed by atoms with E-state index in [0.717, 1.165) is 5.69 Å². The number of nitrogens with zero attached hydrogens (tertiary/aromatic N) is 3. The highest BCUT2D eigenvalue weighted by Crippen LogP contribution is 2.32. The molecule has 0 radical (unpaired) electrons. The zero-order valence-corrected chi connectivity index (χ0v) is 10.9. The molecule has 0 aliphatic heterocycles. The lowest BCUT2D eigenvalue weighted by Crippen LogP contribution is -1.97. The molecule has 3 N–H and O–H groups in total. The summed E-state index contributed by atoms with van der Waals surface area (Å²) in [6.45, 7) is 1.81. The number of benzene rings is 1. The Morgan fingerprint density at radius 3 is 2.72 bits per heavy atom. The molecule has 2 aromatic rings. The Labute approximate surface area is 113 Å². The lowest BCUT2D eigenvalue weighted by molar-refractivity contribution is 0.475. The Kier molecular flexibility index (Phi) is 3.45. The van der Waals surface area contributed by atoms with Gasteiger partial charge >= 0.3 is 0 Å². The Hall–Kier alpha value is -1.72. The summed E-state index contributed by atoms with van der Waals surface area (Å²) in [5.74, 6) is 0.210. The van der Waals surface area contributed by atoms with Crippen molar-refractivity contribution in [1.29, 1.82) is 0 Å². The number of rotatable bonds is 2. The number of nitrogens with two attached hydrogens (primary N) is 1. The van der Waals surface area contributed by atoms with E-state index in [1.807, 2.05) is 6.92 Å². The van der Waals surface area contributed by atoms with Gasteiger partial charge in [0.05, 0.1) is 23.1 Å². The maximum atomic E-state index is 9.36. The molecule has 0 saturated carbocycles. The van der Waals surface area contributed by atoms with Gasteiger partial charge in [-0.2, -0.15) is 5.10 Å². The normalized spacial score (nSPS) is 11.3. The average Bonchev–Trinajstić information content (AvgIpc) is 2.64. The topological polar surface area (TPSA) is 76.4 Å². The van der Waals surface area contributed by atoms with Crippen LogP contribution in [0.1, 0.15) is 11.3 Å². The summed E-state index contributed by atoms with van der Waals surface area (Å²) in [4.78, 5) is 4.01. The van der Waals surface area contributed by atoms with Gasteiger partial charge in [0.25, 0.3) is 0 Å². The van der Waals surface area contributed by atoms with Gasteiger partial charge in [0.1, 0.15) is 10.8 Å². The number of imidazole rings is 1. The second kappa shape index (κ2) is 4.88. The molecule has 0 atom stereocenters. The number of phenolic OH excluding ortho intramolecular Hbond substituents is 1. The van der Waals surface area contributed by atoms with Gasteiger partial charge in [-0.3, -0.25) is 0 Å². The largest absolute Gasteiger partial charge is 0.506 e. The van der Waals surface area contributed by atoms with Crippen molar-refractivity contribution in [1.82, 2.24) is 9.66 Å². The molecule has 2 rings (SSSR count). The number of anilines is 1. The number of aromatic hydroxyl groups is 1. The van der Waals surface area contributed by atoms with Crippen LogP contribution < -0.4 is 5.73 Å². The van der Waals surface area contributed by atoms with Crippen molar-refractivity contribution in [3.05, 3.63) is 39.6 Å². The zero-order chi connectivity index (χ0) is 13.3. The smallest absolute Gasteiger partial charge is 0.221 e. The van der Waals surface area contributed by atoms with Crippen molar-refractivity contribution >= 4 is 35.4 Å². The summed E-state index contributed by atoms with van der Waals surface area (Å²) in [5.41, 5.74) is 6.97. The first kappa shape index (κ1) is 12.7. The van der Waals surface area contributed by atoms with Crippen LogP contribution in [0.2, 0.25) is 10.0 Å². The lowest BCUT2D eigenvalue weighted by Gasteiger charge is -2.02. The van der Waals surface area contributed by atoms with E-state index in [-0.39, 0.29) is 21.7 Å². The Balaban J connectivity index is 2.35. The minimum atomic E-state index is -0.0724. The van der Waals surface area contributed by atoms with E-state index < -0.39 is 0 Å². The molecule has 0 aliphatic rings. The maximum absolute atomic E-state index is 9.36. The molecule has 7 heteroatoms. The van der Waals surface area contributed by atoms with Gasteiger partial charge in [-0.25, -0.2) is 9.66 Å². The minimum Gasteiger partial charge on any atom is -0.506 e. The molecule has 94 valence electrons. The molecule has 0 saturated heterocycles. The first-order valence-electron chi connectivity index (χ1n) is 5.02. The van der Waals surface area contributed by atoms with Crippen molar-refractivity contribution in [2.24, 2.45) is 5.10 Å². The van der Waals surface area contributed by atoms with Gasteiger partial charge in [-0.15, -0.1) is 0 Å². The van der Waals surface area contributed by atoms with Crippen molar-refractivity contribution in [2.75, 3.05) is 5.73 Å². The van der Waals surface area contributed by atoms with Crippen molar-refractivity contribution < 1.29 is 5.11 Å². The molecule has 0 bridgehead atoms. The summed E-state index contributed by atoms with van der Waals surface area (Å²) in [5, 5.41) is 13.8. The number of phenols is 1. The van der Waals surface area contributed by atoms with Gasteiger partial charge in [0.2, 0.25) is 5.95 Å². The predicted molar refractivity (Wildman–Crippen MR) is 72.5 cm³/mol. The second-order valence-electron chi connectivity index (χ2n) is 3.63. The third-order valence-corrected chi connectivity index (χ3v) is 3.13. The molecule has 0 unspecified atom stereocenters. The fourth-order valence-electron chi connectivity index (χ4n) is 1.37. The number of halogens is 2. The Morgan fingerprint density at radius 2 is 2.11 bits per heavy atom. The van der Waals surface area contributed by atoms with Crippen LogP contribution in [0.3, 0.4) is 0 Å². The number of hydrogen-bond acceptors (Lipinski definition) is 4. The van der Waals surface area contributed by atoms with Crippen molar-refractivity contribution in [3.8, 4) is 5.75 Å². The molecular formula is C11H10Cl2N4O. The molecular weight excluding hydrogens is 275 g/mol. The molecule has 18 heavy (non-hydrogen) atoms. The highest BCUT2D eigenvalue weighted by molar-refractivity contribution is 6.44. The van der Waals surface area contributed by atoms with E-state index in [0.29, 0.717) is 5.56 Å². The summed E-state index contributed by atoms with van der Waals surface area (Å²) >= 11 is 11.8. The van der Waals surface area contributed by atoms with Crippen LogP contribution in [0.15, 0.2) is 23.4 Å². The average molecular weight is 285 g/mol. The van der Waals surface area contributed by atoms with E-state index >= 15 is 0 Å². The third-order valence-electron chi connectivity index (χ3n) is 2.25. The van der Waals surface area contributed by atoms with E-state index in [4.69, 9.17) is 28.9 Å². The van der Waals surface area contributed by atoms with Gasteiger partial charge in [-0.1, -0.05) is 23.2 Å². The van der Waals surface area contributed by atoms with E-state index in [1.165, 1.54) is 17.0 Å². The Bertz CT molecular complexity index is 622. The summed E-state index contributed by atoms with van der Waals surface area (Å²) in [6, 6.07) is 3.05. The quantitative estimate of drug-likeness (QED) is 0.833.